The van der Waals surface area contributed by atoms with E-state index in [9.17, 15) is 4.79 Å². The molecule has 2 aromatic heterocycles. The highest BCUT2D eigenvalue weighted by Crippen LogP contribution is 2.34. The predicted octanol–water partition coefficient (Wildman–Crippen LogP) is 3.67. The lowest BCUT2D eigenvalue weighted by atomic mass is 10.0. The summed E-state index contributed by atoms with van der Waals surface area (Å²) in [7, 11) is 0. The molecule has 1 saturated carbocycles. The third-order valence-corrected chi connectivity index (χ3v) is 5.19. The number of nitrogens with zero attached hydrogens (tertiary/aromatic N) is 4. The molecule has 1 amide bonds. The fourth-order valence-electron chi connectivity index (χ4n) is 3.04. The summed E-state index contributed by atoms with van der Waals surface area (Å²) in [4.78, 5) is 18.8. The summed E-state index contributed by atoms with van der Waals surface area (Å²) in [5.74, 6) is 0.890. The third-order valence-electron chi connectivity index (χ3n) is 4.39. The van der Waals surface area contributed by atoms with Gasteiger partial charge in [-0.05, 0) is 50.7 Å². The van der Waals surface area contributed by atoms with Crippen LogP contribution in [0.15, 0.2) is 45.9 Å². The van der Waals surface area contributed by atoms with Crippen LogP contribution in [0.25, 0.3) is 11.5 Å². The predicted molar refractivity (Wildman–Crippen MR) is 94.7 cm³/mol. The number of pyridine rings is 1. The van der Waals surface area contributed by atoms with Crippen molar-refractivity contribution in [2.75, 3.05) is 5.75 Å². The van der Waals surface area contributed by atoms with Crippen LogP contribution in [0.5, 0.6) is 0 Å². The second-order valence-electron chi connectivity index (χ2n) is 6.34. The number of allylic oxidation sites excluding steroid dienone is 2. The molecule has 0 aliphatic heterocycles. The topological polar surface area (TPSA) is 72.1 Å². The van der Waals surface area contributed by atoms with Gasteiger partial charge < -0.3 is 9.32 Å². The van der Waals surface area contributed by atoms with E-state index in [0.717, 1.165) is 31.2 Å². The largest absolute Gasteiger partial charge is 0.411 e. The number of hydrogen-bond acceptors (Lipinski definition) is 6. The number of thioether (sulfide) groups is 1. The molecule has 6 nitrogen and oxygen atoms in total. The van der Waals surface area contributed by atoms with Crippen molar-refractivity contribution in [3.8, 4) is 11.5 Å². The maximum absolute atomic E-state index is 12.7. The summed E-state index contributed by atoms with van der Waals surface area (Å²) in [5, 5.41) is 8.48. The molecule has 1 fully saturated rings. The molecule has 25 heavy (non-hydrogen) atoms. The van der Waals surface area contributed by atoms with Crippen LogP contribution in [0, 0.1) is 0 Å². The third kappa shape index (κ3) is 3.92. The second-order valence-corrected chi connectivity index (χ2v) is 7.27. The van der Waals surface area contributed by atoms with E-state index in [1.165, 1.54) is 30.3 Å². The highest BCUT2D eigenvalue weighted by molar-refractivity contribution is 7.99. The Bertz CT molecular complexity index is 770. The van der Waals surface area contributed by atoms with Gasteiger partial charge in [0.05, 0.1) is 11.3 Å². The minimum atomic E-state index is 0.141. The zero-order valence-corrected chi connectivity index (χ0v) is 14.7. The van der Waals surface area contributed by atoms with Crippen molar-refractivity contribution in [1.82, 2.24) is 20.1 Å². The molecule has 2 heterocycles. The molecule has 4 rings (SSSR count). The van der Waals surface area contributed by atoms with Gasteiger partial charge in [-0.1, -0.05) is 17.8 Å². The first-order valence-corrected chi connectivity index (χ1v) is 9.67. The van der Waals surface area contributed by atoms with Gasteiger partial charge in [0.2, 0.25) is 11.8 Å². The molecule has 0 bridgehead atoms. The first-order chi connectivity index (χ1) is 12.3. The first-order valence-electron chi connectivity index (χ1n) is 8.69. The molecule has 130 valence electrons. The maximum atomic E-state index is 12.7. The van der Waals surface area contributed by atoms with Crippen LogP contribution < -0.4 is 0 Å². The molecular formula is C18H20N4O2S. The molecule has 2 aliphatic rings. The summed E-state index contributed by atoms with van der Waals surface area (Å²) in [5.41, 5.74) is 1.99. The lowest BCUT2D eigenvalue weighted by molar-refractivity contribution is -0.127. The normalized spacial score (nSPS) is 17.2. The average molecular weight is 356 g/mol. The lowest BCUT2D eigenvalue weighted by Crippen LogP contribution is -2.34. The van der Waals surface area contributed by atoms with Gasteiger partial charge in [-0.15, -0.1) is 10.2 Å². The van der Waals surface area contributed by atoms with E-state index in [-0.39, 0.29) is 5.91 Å². The minimum absolute atomic E-state index is 0.141. The van der Waals surface area contributed by atoms with Crippen LogP contribution in [0.1, 0.15) is 38.5 Å². The van der Waals surface area contributed by atoms with Crippen LogP contribution in [0.4, 0.5) is 0 Å². The Kier molecular flexibility index (Phi) is 4.83. The second kappa shape index (κ2) is 7.39. The summed E-state index contributed by atoms with van der Waals surface area (Å²) < 4.78 is 5.64. The van der Waals surface area contributed by atoms with Gasteiger partial charge in [-0.25, -0.2) is 0 Å². The van der Waals surface area contributed by atoms with E-state index in [1.54, 1.807) is 12.4 Å². The van der Waals surface area contributed by atoms with E-state index in [1.807, 2.05) is 17.0 Å². The fraction of sp³-hybridized carbons (Fsp3) is 0.444. The lowest BCUT2D eigenvalue weighted by Gasteiger charge is -2.27. The van der Waals surface area contributed by atoms with Gasteiger partial charge in [0.1, 0.15) is 0 Å². The number of rotatable bonds is 6. The zero-order valence-electron chi connectivity index (χ0n) is 13.9. The number of carbonyl (C=O) groups is 1. The Morgan fingerprint density at radius 1 is 1.32 bits per heavy atom. The quantitative estimate of drug-likeness (QED) is 0.735. The molecule has 2 aromatic rings. The SMILES string of the molecule is O=C(CSc1nnc(-c2cccnc2)o1)N(C1=CCCCC1)C1CC1. The Morgan fingerprint density at radius 2 is 2.24 bits per heavy atom. The molecule has 0 saturated heterocycles. The zero-order chi connectivity index (χ0) is 17.1. The molecule has 0 unspecified atom stereocenters. The molecule has 0 N–H and O–H groups in total. The molecule has 7 heteroatoms. The van der Waals surface area contributed by atoms with E-state index in [4.69, 9.17) is 4.42 Å². The van der Waals surface area contributed by atoms with Crippen LogP contribution >= 0.6 is 11.8 Å². The Balaban J connectivity index is 1.39. The van der Waals surface area contributed by atoms with Crippen LogP contribution in [-0.4, -0.2) is 37.8 Å². The molecule has 0 aromatic carbocycles. The molecule has 0 radical (unpaired) electrons. The monoisotopic (exact) mass is 356 g/mol. The highest BCUT2D eigenvalue weighted by atomic mass is 32.2. The van der Waals surface area contributed by atoms with E-state index >= 15 is 0 Å². The number of amides is 1. The summed E-state index contributed by atoms with van der Waals surface area (Å²) >= 11 is 1.30. The number of aromatic nitrogens is 3. The van der Waals surface area contributed by atoms with Crippen LogP contribution in [0.2, 0.25) is 0 Å². The summed E-state index contributed by atoms with van der Waals surface area (Å²) in [6, 6.07) is 4.08. The van der Waals surface area contributed by atoms with E-state index < -0.39 is 0 Å². The van der Waals surface area contributed by atoms with Crippen molar-refractivity contribution in [3.63, 3.8) is 0 Å². The fourth-order valence-corrected chi connectivity index (χ4v) is 3.66. The van der Waals surface area contributed by atoms with Crippen molar-refractivity contribution in [1.29, 1.82) is 0 Å². The van der Waals surface area contributed by atoms with E-state index in [2.05, 4.69) is 21.3 Å². The van der Waals surface area contributed by atoms with Crippen LogP contribution in [-0.2, 0) is 4.79 Å². The summed E-state index contributed by atoms with van der Waals surface area (Å²) in [6.07, 6.45) is 12.3. The van der Waals surface area contributed by atoms with Gasteiger partial charge in [-0.2, -0.15) is 0 Å². The molecule has 2 aliphatic carbocycles. The van der Waals surface area contributed by atoms with Gasteiger partial charge >= 0.3 is 0 Å². The molecular weight excluding hydrogens is 336 g/mol. The standard InChI is InChI=1S/C18H20N4O2S/c23-16(22(15-8-9-15)14-6-2-1-3-7-14)12-25-18-21-20-17(24-18)13-5-4-10-19-11-13/h4-6,10-11,15H,1-3,7-9,12H2. The van der Waals surface area contributed by atoms with E-state index in [0.29, 0.717) is 22.9 Å². The van der Waals surface area contributed by atoms with Gasteiger partial charge in [0.15, 0.2) is 0 Å². The number of hydrogen-bond donors (Lipinski definition) is 0. The molecule has 0 spiro atoms. The Morgan fingerprint density at radius 3 is 2.96 bits per heavy atom. The van der Waals surface area contributed by atoms with Crippen LogP contribution in [0.3, 0.4) is 0 Å². The highest BCUT2D eigenvalue weighted by Gasteiger charge is 2.35. The van der Waals surface area contributed by atoms with Crippen molar-refractivity contribution in [2.45, 2.75) is 49.8 Å². The number of carbonyl (C=O) groups excluding carboxylic acids is 1. The Labute approximate surface area is 150 Å². The first kappa shape index (κ1) is 16.3. The van der Waals surface area contributed by atoms with Crippen molar-refractivity contribution >= 4 is 17.7 Å². The van der Waals surface area contributed by atoms with Crippen molar-refractivity contribution in [3.05, 3.63) is 36.3 Å². The van der Waals surface area contributed by atoms with Crippen molar-refractivity contribution < 1.29 is 9.21 Å². The molecule has 0 atom stereocenters. The van der Waals surface area contributed by atoms with Gasteiger partial charge in [0.25, 0.3) is 5.22 Å². The van der Waals surface area contributed by atoms with Gasteiger partial charge in [-0.3, -0.25) is 9.78 Å². The summed E-state index contributed by atoms with van der Waals surface area (Å²) in [6.45, 7) is 0. The Hall–Kier alpha value is -2.15. The van der Waals surface area contributed by atoms with Crippen molar-refractivity contribution in [2.24, 2.45) is 0 Å². The maximum Gasteiger partial charge on any atom is 0.277 e. The average Bonchev–Trinajstić information content (AvgIpc) is 3.37. The smallest absolute Gasteiger partial charge is 0.277 e. The van der Waals surface area contributed by atoms with Gasteiger partial charge in [0, 0.05) is 24.1 Å². The minimum Gasteiger partial charge on any atom is -0.411 e.